The van der Waals surface area contributed by atoms with Crippen molar-refractivity contribution in [1.82, 2.24) is 15.2 Å². The fourth-order valence-electron chi connectivity index (χ4n) is 2.05. The van der Waals surface area contributed by atoms with Crippen LogP contribution < -0.4 is 11.1 Å². The quantitative estimate of drug-likeness (QED) is 0.722. The molecule has 0 spiro atoms. The molecular formula is C12H18N4O2. The predicted octanol–water partition coefficient (Wildman–Crippen LogP) is 0.339. The molecule has 0 aliphatic carbocycles. The monoisotopic (exact) mass is 250 g/mol. The van der Waals surface area contributed by atoms with Crippen LogP contribution in [0.1, 0.15) is 29.8 Å². The molecule has 1 saturated heterocycles. The van der Waals surface area contributed by atoms with Crippen molar-refractivity contribution in [2.45, 2.75) is 19.3 Å². The molecule has 0 radical (unpaired) electrons. The van der Waals surface area contributed by atoms with E-state index in [0.717, 1.165) is 25.9 Å². The number of nitrogens with one attached hydrogen (secondary N) is 2. The summed E-state index contributed by atoms with van der Waals surface area (Å²) in [6.45, 7) is 1.63. The van der Waals surface area contributed by atoms with E-state index in [-0.39, 0.29) is 18.4 Å². The molecule has 18 heavy (non-hydrogen) atoms. The van der Waals surface area contributed by atoms with Crippen LogP contribution >= 0.6 is 0 Å². The number of rotatable bonds is 3. The molecule has 0 atom stereocenters. The second kappa shape index (κ2) is 5.57. The third-order valence-corrected chi connectivity index (χ3v) is 3.06. The van der Waals surface area contributed by atoms with E-state index in [1.807, 2.05) is 0 Å². The highest BCUT2D eigenvalue weighted by Gasteiger charge is 2.17. The topological polar surface area (TPSA) is 91.2 Å². The van der Waals surface area contributed by atoms with E-state index in [4.69, 9.17) is 5.73 Å². The van der Waals surface area contributed by atoms with Gasteiger partial charge in [-0.25, -0.2) is 0 Å². The standard InChI is InChI=1S/C12H18N4O2/c13-9-6-10(14-7-9)12(18)15-8-11(17)16-4-2-1-3-5-16/h6-7,14H,1-5,8,13H2,(H,15,18). The summed E-state index contributed by atoms with van der Waals surface area (Å²) < 4.78 is 0. The fourth-order valence-corrected chi connectivity index (χ4v) is 2.05. The fraction of sp³-hybridized carbons (Fsp3) is 0.500. The number of hydrogen-bond acceptors (Lipinski definition) is 3. The summed E-state index contributed by atoms with van der Waals surface area (Å²) in [4.78, 5) is 28.0. The SMILES string of the molecule is Nc1c[nH]c(C(=O)NCC(=O)N2CCCCC2)c1. The van der Waals surface area contributed by atoms with Gasteiger partial charge in [-0.3, -0.25) is 9.59 Å². The maximum absolute atomic E-state index is 11.8. The average molecular weight is 250 g/mol. The molecule has 0 saturated carbocycles. The van der Waals surface area contributed by atoms with Crippen LogP contribution in [0.4, 0.5) is 5.69 Å². The number of anilines is 1. The third kappa shape index (κ3) is 3.03. The van der Waals surface area contributed by atoms with E-state index in [2.05, 4.69) is 10.3 Å². The van der Waals surface area contributed by atoms with Crippen LogP contribution in [0.2, 0.25) is 0 Å². The van der Waals surface area contributed by atoms with Crippen LogP contribution in [0.5, 0.6) is 0 Å². The van der Waals surface area contributed by atoms with Gasteiger partial charge in [0, 0.05) is 25.0 Å². The molecule has 6 heteroatoms. The maximum atomic E-state index is 11.8. The number of piperidine rings is 1. The minimum atomic E-state index is -0.308. The lowest BCUT2D eigenvalue weighted by Gasteiger charge is -2.26. The molecule has 0 bridgehead atoms. The van der Waals surface area contributed by atoms with Gasteiger partial charge in [-0.1, -0.05) is 0 Å². The van der Waals surface area contributed by atoms with E-state index in [1.54, 1.807) is 17.2 Å². The van der Waals surface area contributed by atoms with Crippen LogP contribution in [0.3, 0.4) is 0 Å². The molecule has 6 nitrogen and oxygen atoms in total. The summed E-state index contributed by atoms with van der Waals surface area (Å²) in [5.41, 5.74) is 6.38. The van der Waals surface area contributed by atoms with Crippen molar-refractivity contribution in [3.05, 3.63) is 18.0 Å². The van der Waals surface area contributed by atoms with Gasteiger partial charge in [-0.05, 0) is 25.3 Å². The molecule has 1 fully saturated rings. The second-order valence-corrected chi connectivity index (χ2v) is 4.47. The lowest BCUT2D eigenvalue weighted by atomic mass is 10.1. The van der Waals surface area contributed by atoms with Crippen molar-refractivity contribution >= 4 is 17.5 Å². The molecular weight excluding hydrogens is 232 g/mol. The van der Waals surface area contributed by atoms with Crippen LogP contribution in [0.15, 0.2) is 12.3 Å². The molecule has 2 rings (SSSR count). The summed E-state index contributed by atoms with van der Waals surface area (Å²) in [6.07, 6.45) is 4.82. The molecule has 0 aromatic carbocycles. The number of nitrogen functional groups attached to an aromatic ring is 1. The van der Waals surface area contributed by atoms with Crippen molar-refractivity contribution in [1.29, 1.82) is 0 Å². The van der Waals surface area contributed by atoms with Gasteiger partial charge in [-0.2, -0.15) is 0 Å². The van der Waals surface area contributed by atoms with Crippen LogP contribution in [-0.2, 0) is 4.79 Å². The van der Waals surface area contributed by atoms with Crippen molar-refractivity contribution in [2.75, 3.05) is 25.4 Å². The minimum absolute atomic E-state index is 0.0254. The Bertz CT molecular complexity index is 435. The highest BCUT2D eigenvalue weighted by atomic mass is 16.2. The first-order valence-corrected chi connectivity index (χ1v) is 6.16. The summed E-state index contributed by atoms with van der Waals surface area (Å²) in [5.74, 6) is -0.334. The molecule has 1 aliphatic rings. The van der Waals surface area contributed by atoms with E-state index in [1.165, 1.54) is 6.42 Å². The Kier molecular flexibility index (Phi) is 3.86. The van der Waals surface area contributed by atoms with Crippen molar-refractivity contribution in [3.63, 3.8) is 0 Å². The largest absolute Gasteiger partial charge is 0.397 e. The highest BCUT2D eigenvalue weighted by molar-refractivity contribution is 5.95. The van der Waals surface area contributed by atoms with Gasteiger partial charge in [0.25, 0.3) is 5.91 Å². The molecule has 1 aromatic heterocycles. The van der Waals surface area contributed by atoms with Gasteiger partial charge in [-0.15, -0.1) is 0 Å². The minimum Gasteiger partial charge on any atom is -0.397 e. The Labute approximate surface area is 106 Å². The van der Waals surface area contributed by atoms with Crippen LogP contribution in [-0.4, -0.2) is 41.3 Å². The Balaban J connectivity index is 1.80. The number of amides is 2. The lowest BCUT2D eigenvalue weighted by molar-refractivity contribution is -0.130. The number of aromatic nitrogens is 1. The normalized spacial score (nSPS) is 15.4. The predicted molar refractivity (Wildman–Crippen MR) is 68.0 cm³/mol. The van der Waals surface area contributed by atoms with Crippen molar-refractivity contribution in [2.24, 2.45) is 0 Å². The number of hydrogen-bond donors (Lipinski definition) is 3. The Morgan fingerprint density at radius 3 is 2.67 bits per heavy atom. The first-order valence-electron chi connectivity index (χ1n) is 6.16. The molecule has 4 N–H and O–H groups in total. The van der Waals surface area contributed by atoms with Crippen molar-refractivity contribution in [3.8, 4) is 0 Å². The first-order chi connectivity index (χ1) is 8.66. The summed E-state index contributed by atoms with van der Waals surface area (Å²) in [7, 11) is 0. The smallest absolute Gasteiger partial charge is 0.268 e. The van der Waals surface area contributed by atoms with E-state index < -0.39 is 0 Å². The number of aromatic amines is 1. The molecule has 0 unspecified atom stereocenters. The lowest BCUT2D eigenvalue weighted by Crippen LogP contribution is -2.42. The van der Waals surface area contributed by atoms with Gasteiger partial charge < -0.3 is 20.9 Å². The number of nitrogens with zero attached hydrogens (tertiary/aromatic N) is 1. The number of likely N-dealkylation sites (tertiary alicyclic amines) is 1. The van der Waals surface area contributed by atoms with Gasteiger partial charge in [0.15, 0.2) is 0 Å². The zero-order chi connectivity index (χ0) is 13.0. The number of carbonyl (C=O) groups is 2. The highest BCUT2D eigenvalue weighted by Crippen LogP contribution is 2.08. The second-order valence-electron chi connectivity index (χ2n) is 4.47. The van der Waals surface area contributed by atoms with Crippen LogP contribution in [0.25, 0.3) is 0 Å². The summed E-state index contributed by atoms with van der Waals surface area (Å²) >= 11 is 0. The zero-order valence-corrected chi connectivity index (χ0v) is 10.2. The molecule has 2 amide bonds. The Morgan fingerprint density at radius 1 is 1.33 bits per heavy atom. The average Bonchev–Trinajstić information content (AvgIpc) is 2.83. The maximum Gasteiger partial charge on any atom is 0.268 e. The van der Waals surface area contributed by atoms with Crippen LogP contribution in [0, 0.1) is 0 Å². The first kappa shape index (κ1) is 12.5. The van der Waals surface area contributed by atoms with E-state index in [9.17, 15) is 9.59 Å². The molecule has 1 aliphatic heterocycles. The summed E-state index contributed by atoms with van der Waals surface area (Å²) in [5, 5.41) is 2.59. The third-order valence-electron chi connectivity index (χ3n) is 3.06. The molecule has 1 aromatic rings. The Morgan fingerprint density at radius 2 is 2.06 bits per heavy atom. The van der Waals surface area contributed by atoms with Gasteiger partial charge >= 0.3 is 0 Å². The Hall–Kier alpha value is -1.98. The van der Waals surface area contributed by atoms with Gasteiger partial charge in [0.2, 0.25) is 5.91 Å². The molecule has 98 valence electrons. The van der Waals surface area contributed by atoms with E-state index in [0.29, 0.717) is 11.4 Å². The summed E-state index contributed by atoms with van der Waals surface area (Å²) in [6, 6.07) is 1.54. The number of carbonyl (C=O) groups excluding carboxylic acids is 2. The van der Waals surface area contributed by atoms with Gasteiger partial charge in [0.05, 0.1) is 6.54 Å². The van der Waals surface area contributed by atoms with Crippen molar-refractivity contribution < 1.29 is 9.59 Å². The number of nitrogens with two attached hydrogens (primary N) is 1. The van der Waals surface area contributed by atoms with E-state index >= 15 is 0 Å². The number of H-pyrrole nitrogens is 1. The molecule has 2 heterocycles. The zero-order valence-electron chi connectivity index (χ0n) is 10.2. The van der Waals surface area contributed by atoms with Gasteiger partial charge in [0.1, 0.15) is 5.69 Å².